The van der Waals surface area contributed by atoms with Gasteiger partial charge < -0.3 is 4.90 Å². The molecule has 158 valence electrons. The van der Waals surface area contributed by atoms with Crippen molar-refractivity contribution in [1.29, 1.82) is 0 Å². The molecule has 0 radical (unpaired) electrons. The van der Waals surface area contributed by atoms with Crippen molar-refractivity contribution in [2.45, 2.75) is 39.7 Å². The zero-order chi connectivity index (χ0) is 21.6. The maximum absolute atomic E-state index is 12.8. The zero-order valence-electron chi connectivity index (χ0n) is 18.1. The van der Waals surface area contributed by atoms with Gasteiger partial charge in [-0.3, -0.25) is 24.4 Å². The van der Waals surface area contributed by atoms with Crippen LogP contribution in [0.1, 0.15) is 39.2 Å². The van der Waals surface area contributed by atoms with E-state index in [4.69, 9.17) is 4.99 Å². The molecule has 0 bridgehead atoms. The summed E-state index contributed by atoms with van der Waals surface area (Å²) >= 11 is 0. The molecule has 2 rings (SSSR count). The lowest BCUT2D eigenvalue weighted by Crippen LogP contribution is -2.59. The van der Waals surface area contributed by atoms with Crippen LogP contribution < -0.4 is 0 Å². The van der Waals surface area contributed by atoms with E-state index in [1.54, 1.807) is 0 Å². The minimum atomic E-state index is -1.10. The molecule has 7 nitrogen and oxygen atoms in total. The summed E-state index contributed by atoms with van der Waals surface area (Å²) in [4.78, 5) is 46.9. The van der Waals surface area contributed by atoms with Crippen molar-refractivity contribution in [2.24, 2.45) is 10.9 Å². The van der Waals surface area contributed by atoms with E-state index in [0.717, 1.165) is 47.8 Å². The molecular formula is C22H32N4O3. The van der Waals surface area contributed by atoms with Gasteiger partial charge in [-0.1, -0.05) is 44.2 Å². The van der Waals surface area contributed by atoms with Gasteiger partial charge in [0.2, 0.25) is 11.8 Å². The molecule has 1 atom stereocenters. The van der Waals surface area contributed by atoms with Crippen LogP contribution in [0.2, 0.25) is 0 Å². The summed E-state index contributed by atoms with van der Waals surface area (Å²) in [7, 11) is 2.80. The Labute approximate surface area is 173 Å². The minimum Gasteiger partial charge on any atom is -0.304 e. The average molecular weight is 401 g/mol. The number of carbonyl (C=O) groups is 3. The van der Waals surface area contributed by atoms with Crippen LogP contribution in [-0.2, 0) is 9.59 Å². The predicted molar refractivity (Wildman–Crippen MR) is 114 cm³/mol. The maximum atomic E-state index is 12.8. The Morgan fingerprint density at radius 3 is 2.10 bits per heavy atom. The molecule has 1 heterocycles. The molecule has 29 heavy (non-hydrogen) atoms. The van der Waals surface area contributed by atoms with E-state index in [2.05, 4.69) is 18.7 Å². The van der Waals surface area contributed by atoms with Crippen LogP contribution in [0, 0.1) is 5.92 Å². The van der Waals surface area contributed by atoms with E-state index in [1.807, 2.05) is 37.3 Å². The number of amides is 4. The van der Waals surface area contributed by atoms with Gasteiger partial charge in [-0.2, -0.15) is 0 Å². The minimum absolute atomic E-state index is 0.0467. The molecule has 0 unspecified atom stereocenters. The summed E-state index contributed by atoms with van der Waals surface area (Å²) in [5, 5.41) is 0. The Morgan fingerprint density at radius 2 is 1.59 bits per heavy atom. The smallest absolute Gasteiger partial charge is 0.304 e. The normalized spacial score (nSPS) is 17.4. The van der Waals surface area contributed by atoms with Crippen molar-refractivity contribution < 1.29 is 14.4 Å². The van der Waals surface area contributed by atoms with Crippen molar-refractivity contribution >= 4 is 23.6 Å². The number of imide groups is 2. The van der Waals surface area contributed by atoms with E-state index < -0.39 is 23.8 Å². The van der Waals surface area contributed by atoms with Crippen molar-refractivity contribution in [3.8, 4) is 0 Å². The third-order valence-corrected chi connectivity index (χ3v) is 5.42. The van der Waals surface area contributed by atoms with Crippen molar-refractivity contribution in [2.75, 3.05) is 33.7 Å². The van der Waals surface area contributed by atoms with Gasteiger partial charge in [0.25, 0.3) is 0 Å². The Balaban J connectivity index is 2.30. The number of hydrogen-bond acceptors (Lipinski definition) is 5. The molecule has 1 saturated heterocycles. The quantitative estimate of drug-likeness (QED) is 0.472. The number of hydrogen-bond donors (Lipinski definition) is 0. The largest absolute Gasteiger partial charge is 0.332 e. The fraction of sp³-hybridized carbons (Fsp3) is 0.545. The summed E-state index contributed by atoms with van der Waals surface area (Å²) in [6.45, 7) is 9.32. The molecule has 7 heteroatoms. The first-order valence-corrected chi connectivity index (χ1v) is 10.3. The molecule has 0 N–H and O–H groups in total. The fourth-order valence-electron chi connectivity index (χ4n) is 3.52. The van der Waals surface area contributed by atoms with Crippen LogP contribution in [0.4, 0.5) is 4.79 Å². The first-order valence-electron chi connectivity index (χ1n) is 10.3. The number of aliphatic imine (C=N–C) groups is 1. The van der Waals surface area contributed by atoms with Gasteiger partial charge in [0.05, 0.1) is 5.71 Å². The Bertz CT molecular complexity index is 735. The number of nitrogens with zero attached hydrogens (tertiary/aromatic N) is 4. The topological polar surface area (TPSA) is 73.3 Å². The highest BCUT2D eigenvalue weighted by Crippen LogP contribution is 2.22. The highest BCUT2D eigenvalue weighted by atomic mass is 16.2. The SMILES string of the molecule is CCN(CC)CCC[C@H](C)N=C(c1ccccc1)C1C(=O)N(C)C(=O)N(C)C1=O. The number of urea groups is 1. The molecule has 1 aliphatic rings. The summed E-state index contributed by atoms with van der Waals surface area (Å²) in [6, 6.07) is 8.61. The van der Waals surface area contributed by atoms with Gasteiger partial charge in [-0.05, 0) is 45.0 Å². The maximum Gasteiger partial charge on any atom is 0.332 e. The number of rotatable bonds is 9. The molecule has 1 aliphatic heterocycles. The van der Waals surface area contributed by atoms with Crippen LogP contribution in [0.15, 0.2) is 35.3 Å². The van der Waals surface area contributed by atoms with Crippen molar-refractivity contribution in [3.05, 3.63) is 35.9 Å². The first kappa shape index (κ1) is 22.7. The van der Waals surface area contributed by atoms with Gasteiger partial charge in [0, 0.05) is 20.1 Å². The zero-order valence-corrected chi connectivity index (χ0v) is 18.1. The van der Waals surface area contributed by atoms with E-state index in [9.17, 15) is 14.4 Å². The highest BCUT2D eigenvalue weighted by Gasteiger charge is 2.45. The van der Waals surface area contributed by atoms with Gasteiger partial charge in [0.15, 0.2) is 5.92 Å². The molecule has 0 aromatic heterocycles. The lowest BCUT2D eigenvalue weighted by Gasteiger charge is -2.33. The second-order valence-corrected chi connectivity index (χ2v) is 7.41. The number of benzene rings is 1. The molecule has 1 fully saturated rings. The second-order valence-electron chi connectivity index (χ2n) is 7.41. The fourth-order valence-corrected chi connectivity index (χ4v) is 3.52. The lowest BCUT2D eigenvalue weighted by molar-refractivity contribution is -0.144. The van der Waals surface area contributed by atoms with Crippen LogP contribution in [-0.4, -0.2) is 78.0 Å². The summed E-state index contributed by atoms with van der Waals surface area (Å²) in [6.07, 6.45) is 1.84. The van der Waals surface area contributed by atoms with Crippen LogP contribution in [0.3, 0.4) is 0 Å². The van der Waals surface area contributed by atoms with E-state index in [1.165, 1.54) is 14.1 Å². The van der Waals surface area contributed by atoms with Crippen LogP contribution in [0.25, 0.3) is 0 Å². The summed E-state index contributed by atoms with van der Waals surface area (Å²) < 4.78 is 0. The molecular weight excluding hydrogens is 368 g/mol. The molecule has 4 amide bonds. The van der Waals surface area contributed by atoms with Crippen LogP contribution in [0.5, 0.6) is 0 Å². The van der Waals surface area contributed by atoms with E-state index in [0.29, 0.717) is 5.71 Å². The highest BCUT2D eigenvalue weighted by molar-refractivity contribution is 6.30. The number of carbonyl (C=O) groups excluding carboxylic acids is 3. The molecule has 0 aliphatic carbocycles. The standard InChI is InChI=1S/C22H32N4O3/c1-6-26(7-2)15-11-12-16(3)23-19(17-13-9-8-10-14-17)18-20(27)24(4)22(29)25(5)21(18)28/h8-10,13-14,16,18H,6-7,11-12,15H2,1-5H3/t16-/m0/s1. The molecule has 1 aromatic carbocycles. The second kappa shape index (κ2) is 10.3. The van der Waals surface area contributed by atoms with Gasteiger partial charge in [-0.15, -0.1) is 0 Å². The van der Waals surface area contributed by atoms with E-state index >= 15 is 0 Å². The summed E-state index contributed by atoms with van der Waals surface area (Å²) in [5.41, 5.74) is 1.16. The molecule has 0 saturated carbocycles. The Morgan fingerprint density at radius 1 is 1.03 bits per heavy atom. The summed E-state index contributed by atoms with van der Waals surface area (Å²) in [5.74, 6) is -2.16. The molecule has 0 spiro atoms. The Hall–Kier alpha value is -2.54. The first-order chi connectivity index (χ1) is 13.8. The van der Waals surface area contributed by atoms with Gasteiger partial charge in [-0.25, -0.2) is 4.79 Å². The third kappa shape index (κ3) is 5.29. The lowest BCUT2D eigenvalue weighted by atomic mass is 9.92. The van der Waals surface area contributed by atoms with Crippen molar-refractivity contribution in [1.82, 2.24) is 14.7 Å². The average Bonchev–Trinajstić information content (AvgIpc) is 2.74. The van der Waals surface area contributed by atoms with E-state index in [-0.39, 0.29) is 6.04 Å². The Kier molecular flexibility index (Phi) is 8.08. The predicted octanol–water partition coefficient (Wildman–Crippen LogP) is 2.65. The number of barbiturate groups is 1. The van der Waals surface area contributed by atoms with Crippen LogP contribution >= 0.6 is 0 Å². The monoisotopic (exact) mass is 400 g/mol. The third-order valence-electron chi connectivity index (χ3n) is 5.42. The molecule has 1 aromatic rings. The van der Waals surface area contributed by atoms with Crippen molar-refractivity contribution in [3.63, 3.8) is 0 Å². The van der Waals surface area contributed by atoms with Gasteiger partial charge in [0.1, 0.15) is 0 Å². The van der Waals surface area contributed by atoms with Gasteiger partial charge >= 0.3 is 6.03 Å².